The van der Waals surface area contributed by atoms with Crippen molar-refractivity contribution in [2.75, 3.05) is 0 Å². The first-order valence-electron chi connectivity index (χ1n) is 6.32. The van der Waals surface area contributed by atoms with Crippen molar-refractivity contribution in [2.24, 2.45) is 0 Å². The van der Waals surface area contributed by atoms with E-state index in [2.05, 4.69) is 32.9 Å². The van der Waals surface area contributed by atoms with Gasteiger partial charge in [0, 0.05) is 0 Å². The first kappa shape index (κ1) is 11.5. The molecule has 1 fully saturated rings. The quantitative estimate of drug-likeness (QED) is 0.743. The molecule has 0 heterocycles. The lowest BCUT2D eigenvalue weighted by molar-refractivity contribution is 0.446. The van der Waals surface area contributed by atoms with Crippen LogP contribution in [0.4, 0.5) is 0 Å². The molecule has 0 saturated heterocycles. The summed E-state index contributed by atoms with van der Waals surface area (Å²) in [6.07, 6.45) is 5.34. The zero-order chi connectivity index (χ0) is 11.8. The molecule has 0 atom stereocenters. The minimum absolute atomic E-state index is 0.0265. The summed E-state index contributed by atoms with van der Waals surface area (Å²) in [7, 11) is 0. The molecule has 2 rings (SSSR count). The van der Waals surface area contributed by atoms with Crippen LogP contribution in [0.5, 0.6) is 5.75 Å². The van der Waals surface area contributed by atoms with Gasteiger partial charge < -0.3 is 5.11 Å². The van der Waals surface area contributed by atoms with Crippen molar-refractivity contribution in [1.82, 2.24) is 0 Å². The van der Waals surface area contributed by atoms with Crippen molar-refractivity contribution in [3.63, 3.8) is 0 Å². The molecular weight excluding hydrogens is 196 g/mol. The average Bonchev–Trinajstić information content (AvgIpc) is 2.69. The monoisotopic (exact) mass is 218 g/mol. The van der Waals surface area contributed by atoms with Crippen LogP contribution < -0.4 is 0 Å². The molecule has 1 heteroatoms. The van der Waals surface area contributed by atoms with Gasteiger partial charge in [-0.25, -0.2) is 0 Å². The first-order valence-corrected chi connectivity index (χ1v) is 6.32. The Morgan fingerprint density at radius 3 is 2.31 bits per heavy atom. The highest BCUT2D eigenvalue weighted by Crippen LogP contribution is 2.38. The second kappa shape index (κ2) is 4.12. The molecule has 0 bridgehead atoms. The number of phenols is 1. The van der Waals surface area contributed by atoms with Crippen LogP contribution in [0.15, 0.2) is 18.2 Å². The number of hydrogen-bond acceptors (Lipinski definition) is 1. The maximum absolute atomic E-state index is 9.91. The van der Waals surface area contributed by atoms with E-state index in [-0.39, 0.29) is 5.41 Å². The second-order valence-electron chi connectivity index (χ2n) is 6.01. The summed E-state index contributed by atoms with van der Waals surface area (Å²) < 4.78 is 0. The molecule has 1 aliphatic rings. The molecule has 16 heavy (non-hydrogen) atoms. The molecule has 0 aromatic heterocycles. The lowest BCUT2D eigenvalue weighted by Crippen LogP contribution is -2.12. The number of benzene rings is 1. The van der Waals surface area contributed by atoms with Crippen LogP contribution in [0.3, 0.4) is 0 Å². The van der Waals surface area contributed by atoms with Crippen molar-refractivity contribution in [1.29, 1.82) is 0 Å². The maximum Gasteiger partial charge on any atom is 0.119 e. The van der Waals surface area contributed by atoms with Gasteiger partial charge in [-0.05, 0) is 41.4 Å². The highest BCUT2D eigenvalue weighted by molar-refractivity contribution is 5.41. The summed E-state index contributed by atoms with van der Waals surface area (Å²) in [6, 6.07) is 6.18. The van der Waals surface area contributed by atoms with E-state index < -0.39 is 0 Å². The topological polar surface area (TPSA) is 20.2 Å². The van der Waals surface area contributed by atoms with Crippen LogP contribution in [0.1, 0.15) is 63.5 Å². The number of rotatable bonds is 1. The Morgan fingerprint density at radius 2 is 1.75 bits per heavy atom. The third kappa shape index (κ3) is 2.23. The van der Waals surface area contributed by atoms with Crippen molar-refractivity contribution >= 4 is 0 Å². The Balaban J connectivity index is 2.35. The fraction of sp³-hybridized carbons (Fsp3) is 0.600. The summed E-state index contributed by atoms with van der Waals surface area (Å²) >= 11 is 0. The molecule has 0 amide bonds. The van der Waals surface area contributed by atoms with E-state index >= 15 is 0 Å². The van der Waals surface area contributed by atoms with Gasteiger partial charge in [0.1, 0.15) is 5.75 Å². The van der Waals surface area contributed by atoms with Crippen molar-refractivity contribution < 1.29 is 5.11 Å². The minimum atomic E-state index is 0.0265. The molecule has 1 aliphatic carbocycles. The standard InChI is InChI=1S/C15H22O/c1-15(2,3)13-10-12(8-9-14(13)16)11-6-4-5-7-11/h8-11,16H,4-7H2,1-3H3. The number of aromatic hydroxyl groups is 1. The van der Waals surface area contributed by atoms with Gasteiger partial charge in [-0.15, -0.1) is 0 Å². The van der Waals surface area contributed by atoms with Crippen LogP contribution in [0, 0.1) is 0 Å². The van der Waals surface area contributed by atoms with Gasteiger partial charge >= 0.3 is 0 Å². The van der Waals surface area contributed by atoms with Gasteiger partial charge in [-0.3, -0.25) is 0 Å². The molecule has 0 aliphatic heterocycles. The number of phenolic OH excluding ortho intramolecular Hbond substituents is 1. The largest absolute Gasteiger partial charge is 0.508 e. The average molecular weight is 218 g/mol. The second-order valence-corrected chi connectivity index (χ2v) is 6.01. The van der Waals surface area contributed by atoms with Gasteiger partial charge in [0.2, 0.25) is 0 Å². The third-order valence-corrected chi connectivity index (χ3v) is 3.66. The predicted molar refractivity (Wildman–Crippen MR) is 68.0 cm³/mol. The van der Waals surface area contributed by atoms with Crippen LogP contribution in [0.25, 0.3) is 0 Å². The molecule has 1 aromatic rings. The van der Waals surface area contributed by atoms with E-state index in [4.69, 9.17) is 0 Å². The van der Waals surface area contributed by atoms with Gasteiger partial charge in [0.05, 0.1) is 0 Å². The Morgan fingerprint density at radius 1 is 1.12 bits per heavy atom. The van der Waals surface area contributed by atoms with Gasteiger partial charge in [-0.1, -0.05) is 45.7 Å². The highest BCUT2D eigenvalue weighted by Gasteiger charge is 2.22. The molecule has 0 spiro atoms. The molecule has 1 saturated carbocycles. The Hall–Kier alpha value is -0.980. The maximum atomic E-state index is 9.91. The predicted octanol–water partition coefficient (Wildman–Crippen LogP) is 4.35. The van der Waals surface area contributed by atoms with E-state index in [1.807, 2.05) is 6.07 Å². The zero-order valence-corrected chi connectivity index (χ0v) is 10.6. The summed E-state index contributed by atoms with van der Waals surface area (Å²) in [5.74, 6) is 1.16. The van der Waals surface area contributed by atoms with Crippen molar-refractivity contribution in [2.45, 2.75) is 57.8 Å². The Bertz CT molecular complexity index is 368. The third-order valence-electron chi connectivity index (χ3n) is 3.66. The molecule has 1 nitrogen and oxygen atoms in total. The molecule has 88 valence electrons. The van der Waals surface area contributed by atoms with Crippen molar-refractivity contribution in [3.8, 4) is 5.75 Å². The van der Waals surface area contributed by atoms with Crippen LogP contribution in [-0.2, 0) is 5.41 Å². The summed E-state index contributed by atoms with van der Waals surface area (Å²) in [4.78, 5) is 0. The SMILES string of the molecule is CC(C)(C)c1cc(C2CCCC2)ccc1O. The van der Waals surface area contributed by atoms with Gasteiger partial charge in [0.15, 0.2) is 0 Å². The fourth-order valence-corrected chi connectivity index (χ4v) is 2.67. The zero-order valence-electron chi connectivity index (χ0n) is 10.6. The van der Waals surface area contributed by atoms with E-state index in [0.29, 0.717) is 5.75 Å². The van der Waals surface area contributed by atoms with Crippen LogP contribution in [-0.4, -0.2) is 5.11 Å². The number of hydrogen-bond donors (Lipinski definition) is 1. The van der Waals surface area contributed by atoms with E-state index in [1.165, 1.54) is 31.2 Å². The normalized spacial score (nSPS) is 17.9. The van der Waals surface area contributed by atoms with E-state index in [9.17, 15) is 5.11 Å². The van der Waals surface area contributed by atoms with Crippen molar-refractivity contribution in [3.05, 3.63) is 29.3 Å². The lowest BCUT2D eigenvalue weighted by Gasteiger charge is -2.22. The molecule has 0 radical (unpaired) electrons. The summed E-state index contributed by atoms with van der Waals surface area (Å²) in [6.45, 7) is 6.46. The van der Waals surface area contributed by atoms with Gasteiger partial charge in [-0.2, -0.15) is 0 Å². The highest BCUT2D eigenvalue weighted by atomic mass is 16.3. The molecule has 0 unspecified atom stereocenters. The van der Waals surface area contributed by atoms with Crippen LogP contribution >= 0.6 is 0 Å². The molecular formula is C15H22O. The first-order chi connectivity index (χ1) is 7.48. The lowest BCUT2D eigenvalue weighted by atomic mass is 9.83. The molecule has 1 aromatic carbocycles. The van der Waals surface area contributed by atoms with E-state index in [1.54, 1.807) is 0 Å². The Kier molecular flexibility index (Phi) is 2.96. The van der Waals surface area contributed by atoms with E-state index in [0.717, 1.165) is 11.5 Å². The van der Waals surface area contributed by atoms with Crippen LogP contribution in [0.2, 0.25) is 0 Å². The fourth-order valence-electron chi connectivity index (χ4n) is 2.67. The summed E-state index contributed by atoms with van der Waals surface area (Å²) in [5.41, 5.74) is 2.52. The minimum Gasteiger partial charge on any atom is -0.508 e. The smallest absolute Gasteiger partial charge is 0.119 e. The summed E-state index contributed by atoms with van der Waals surface area (Å²) in [5, 5.41) is 9.91. The molecule has 1 N–H and O–H groups in total. The van der Waals surface area contributed by atoms with Gasteiger partial charge in [0.25, 0.3) is 0 Å². The Labute approximate surface area is 98.5 Å².